The van der Waals surface area contributed by atoms with Gasteiger partial charge in [-0.1, -0.05) is 11.6 Å². The second-order valence-corrected chi connectivity index (χ2v) is 5.87. The van der Waals surface area contributed by atoms with Crippen LogP contribution in [-0.2, 0) is 4.79 Å². The fourth-order valence-corrected chi connectivity index (χ4v) is 2.93. The van der Waals surface area contributed by atoms with Gasteiger partial charge in [-0.15, -0.1) is 0 Å². The van der Waals surface area contributed by atoms with Crippen LogP contribution in [-0.4, -0.2) is 42.0 Å². The largest absolute Gasteiger partial charge is 0.481 e. The highest BCUT2D eigenvalue weighted by Crippen LogP contribution is 2.29. The van der Waals surface area contributed by atoms with Crippen molar-refractivity contribution in [2.45, 2.75) is 6.42 Å². The number of carbonyl (C=O) groups excluding carboxylic acids is 1. The van der Waals surface area contributed by atoms with Gasteiger partial charge in [0.25, 0.3) is 5.91 Å². The summed E-state index contributed by atoms with van der Waals surface area (Å²) >= 11 is 6.14. The normalized spacial score (nSPS) is 17.9. The summed E-state index contributed by atoms with van der Waals surface area (Å²) in [6, 6.07) is 7.20. The molecule has 0 aliphatic carbocycles. The van der Waals surface area contributed by atoms with Crippen molar-refractivity contribution in [1.29, 1.82) is 0 Å². The van der Waals surface area contributed by atoms with E-state index < -0.39 is 0 Å². The van der Waals surface area contributed by atoms with E-state index in [4.69, 9.17) is 22.1 Å². The van der Waals surface area contributed by atoms with Crippen LogP contribution < -0.4 is 10.5 Å². The Labute approximate surface area is 134 Å². The van der Waals surface area contributed by atoms with E-state index in [1.165, 1.54) is 0 Å². The van der Waals surface area contributed by atoms with Gasteiger partial charge in [0, 0.05) is 24.7 Å². The maximum Gasteiger partial charge on any atom is 0.260 e. The predicted octanol–water partition coefficient (Wildman–Crippen LogP) is 2.07. The van der Waals surface area contributed by atoms with Crippen LogP contribution in [0.2, 0.25) is 5.02 Å². The number of carbonyl (C=O) groups is 1. The standard InChI is InChI=1S/C16H18ClN3O2/c17-13-3-4-14(16-12(13)2-1-6-19-16)22-10-15(21)20-7-5-11(8-18)9-20/h1-4,6,11H,5,7-10,18H2/t11-/m0/s1. The van der Waals surface area contributed by atoms with E-state index in [-0.39, 0.29) is 12.5 Å². The zero-order valence-corrected chi connectivity index (χ0v) is 12.9. The average molecular weight is 320 g/mol. The number of benzene rings is 1. The molecule has 1 aromatic heterocycles. The van der Waals surface area contributed by atoms with Gasteiger partial charge in [0.2, 0.25) is 0 Å². The molecule has 1 aliphatic heterocycles. The Hall–Kier alpha value is -1.85. The maximum atomic E-state index is 12.2. The number of fused-ring (bicyclic) bond motifs is 1. The van der Waals surface area contributed by atoms with Crippen molar-refractivity contribution in [3.63, 3.8) is 0 Å². The molecule has 5 nitrogen and oxygen atoms in total. The fraction of sp³-hybridized carbons (Fsp3) is 0.375. The van der Waals surface area contributed by atoms with Crippen molar-refractivity contribution in [3.05, 3.63) is 35.5 Å². The van der Waals surface area contributed by atoms with Crippen LogP contribution in [0.1, 0.15) is 6.42 Å². The van der Waals surface area contributed by atoms with Crippen molar-refractivity contribution < 1.29 is 9.53 Å². The van der Waals surface area contributed by atoms with Gasteiger partial charge in [0.05, 0.1) is 5.02 Å². The molecule has 0 saturated carbocycles. The summed E-state index contributed by atoms with van der Waals surface area (Å²) in [7, 11) is 0. The van der Waals surface area contributed by atoms with Crippen molar-refractivity contribution >= 4 is 28.4 Å². The van der Waals surface area contributed by atoms with E-state index >= 15 is 0 Å². The molecule has 2 heterocycles. The van der Waals surface area contributed by atoms with E-state index in [0.717, 1.165) is 24.9 Å². The highest BCUT2D eigenvalue weighted by atomic mass is 35.5. The van der Waals surface area contributed by atoms with Gasteiger partial charge >= 0.3 is 0 Å². The molecule has 116 valence electrons. The number of rotatable bonds is 4. The molecule has 0 radical (unpaired) electrons. The molecule has 1 aromatic carbocycles. The molecule has 1 saturated heterocycles. The lowest BCUT2D eigenvalue weighted by atomic mass is 10.1. The lowest BCUT2D eigenvalue weighted by Crippen LogP contribution is -2.33. The monoisotopic (exact) mass is 319 g/mol. The van der Waals surface area contributed by atoms with Crippen molar-refractivity contribution in [3.8, 4) is 5.75 Å². The number of nitrogens with two attached hydrogens (primary N) is 1. The predicted molar refractivity (Wildman–Crippen MR) is 86.0 cm³/mol. The molecule has 6 heteroatoms. The summed E-state index contributed by atoms with van der Waals surface area (Å²) in [5.74, 6) is 0.958. The number of halogens is 1. The third kappa shape index (κ3) is 3.00. The highest BCUT2D eigenvalue weighted by Gasteiger charge is 2.25. The van der Waals surface area contributed by atoms with E-state index in [1.54, 1.807) is 18.3 Å². The SMILES string of the molecule is NC[C@@H]1CCN(C(=O)COc2ccc(Cl)c3cccnc23)C1. The Bertz CT molecular complexity index is 692. The molecular weight excluding hydrogens is 302 g/mol. The minimum Gasteiger partial charge on any atom is -0.481 e. The van der Waals surface area contributed by atoms with Gasteiger partial charge in [-0.05, 0) is 43.1 Å². The Morgan fingerprint density at radius 1 is 1.45 bits per heavy atom. The van der Waals surface area contributed by atoms with Crippen LogP contribution in [0.5, 0.6) is 5.75 Å². The lowest BCUT2D eigenvalue weighted by molar-refractivity contribution is -0.132. The maximum absolute atomic E-state index is 12.2. The molecule has 0 bridgehead atoms. The van der Waals surface area contributed by atoms with Crippen molar-refractivity contribution in [2.75, 3.05) is 26.2 Å². The third-order valence-corrected chi connectivity index (χ3v) is 4.33. The quantitative estimate of drug-likeness (QED) is 0.936. The number of aromatic nitrogens is 1. The molecule has 2 N–H and O–H groups in total. The van der Waals surface area contributed by atoms with Crippen molar-refractivity contribution in [2.24, 2.45) is 11.7 Å². The molecular formula is C16H18ClN3O2. The van der Waals surface area contributed by atoms with E-state index in [1.807, 2.05) is 17.0 Å². The van der Waals surface area contributed by atoms with Crippen molar-refractivity contribution in [1.82, 2.24) is 9.88 Å². The first-order valence-corrected chi connectivity index (χ1v) is 7.70. The van der Waals surface area contributed by atoms with Gasteiger partial charge < -0.3 is 15.4 Å². The molecule has 1 amide bonds. The Kier molecular flexibility index (Phi) is 4.45. The summed E-state index contributed by atoms with van der Waals surface area (Å²) in [5, 5.41) is 1.44. The number of hydrogen-bond donors (Lipinski definition) is 1. The molecule has 0 spiro atoms. The minimum absolute atomic E-state index is 0.00456. The molecule has 3 rings (SSSR count). The topological polar surface area (TPSA) is 68.5 Å². The number of ether oxygens (including phenoxy) is 1. The summed E-state index contributed by atoms with van der Waals surface area (Å²) in [4.78, 5) is 18.3. The third-order valence-electron chi connectivity index (χ3n) is 4.00. The smallest absolute Gasteiger partial charge is 0.260 e. The summed E-state index contributed by atoms with van der Waals surface area (Å²) < 4.78 is 5.67. The van der Waals surface area contributed by atoms with Crippen LogP contribution in [0.25, 0.3) is 10.9 Å². The average Bonchev–Trinajstić information content (AvgIpc) is 3.03. The first-order valence-electron chi connectivity index (χ1n) is 7.33. The van der Waals surface area contributed by atoms with Gasteiger partial charge in [-0.3, -0.25) is 9.78 Å². The number of nitrogens with zero attached hydrogens (tertiary/aromatic N) is 2. The minimum atomic E-state index is -0.0185. The zero-order valence-electron chi connectivity index (χ0n) is 12.2. The van der Waals surface area contributed by atoms with E-state index in [2.05, 4.69) is 4.98 Å². The summed E-state index contributed by atoms with van der Waals surface area (Å²) in [5.41, 5.74) is 6.32. The summed E-state index contributed by atoms with van der Waals surface area (Å²) in [6.07, 6.45) is 2.65. The first-order chi connectivity index (χ1) is 10.7. The molecule has 1 atom stereocenters. The van der Waals surface area contributed by atoms with Crippen LogP contribution in [0.15, 0.2) is 30.5 Å². The molecule has 0 unspecified atom stereocenters. The van der Waals surface area contributed by atoms with Crippen LogP contribution in [0.3, 0.4) is 0 Å². The van der Waals surface area contributed by atoms with Crippen LogP contribution >= 0.6 is 11.6 Å². The summed E-state index contributed by atoms with van der Waals surface area (Å²) in [6.45, 7) is 2.10. The molecule has 22 heavy (non-hydrogen) atoms. The van der Waals surface area contributed by atoms with Crippen LogP contribution in [0, 0.1) is 5.92 Å². The van der Waals surface area contributed by atoms with E-state index in [9.17, 15) is 4.79 Å². The first kappa shape index (κ1) is 15.1. The number of amides is 1. The number of hydrogen-bond acceptors (Lipinski definition) is 4. The zero-order chi connectivity index (χ0) is 15.5. The molecule has 1 aliphatic rings. The van der Waals surface area contributed by atoms with Gasteiger partial charge in [0.15, 0.2) is 6.61 Å². The Morgan fingerprint density at radius 3 is 3.09 bits per heavy atom. The number of pyridine rings is 1. The number of likely N-dealkylation sites (tertiary alicyclic amines) is 1. The van der Waals surface area contributed by atoms with E-state index in [0.29, 0.717) is 28.8 Å². The highest BCUT2D eigenvalue weighted by molar-refractivity contribution is 6.35. The van der Waals surface area contributed by atoms with Gasteiger partial charge in [-0.2, -0.15) is 0 Å². The van der Waals surface area contributed by atoms with Gasteiger partial charge in [-0.25, -0.2) is 0 Å². The lowest BCUT2D eigenvalue weighted by Gasteiger charge is -2.17. The second-order valence-electron chi connectivity index (χ2n) is 5.46. The Morgan fingerprint density at radius 2 is 2.32 bits per heavy atom. The van der Waals surface area contributed by atoms with Gasteiger partial charge in [0.1, 0.15) is 11.3 Å². The second kappa shape index (κ2) is 6.50. The van der Waals surface area contributed by atoms with Crippen LogP contribution in [0.4, 0.5) is 0 Å². The Balaban J connectivity index is 1.69. The molecule has 1 fully saturated rings. The fourth-order valence-electron chi connectivity index (χ4n) is 2.71. The molecule has 2 aromatic rings.